The topological polar surface area (TPSA) is 35.0 Å². The molecule has 0 saturated heterocycles. The van der Waals surface area contributed by atoms with Gasteiger partial charge in [-0.15, -0.1) is 0 Å². The van der Waals surface area contributed by atoms with Crippen molar-refractivity contribution in [3.63, 3.8) is 0 Å². The van der Waals surface area contributed by atoms with E-state index in [0.717, 1.165) is 15.2 Å². The lowest BCUT2D eigenvalue weighted by atomic mass is 10.2. The molecule has 1 aromatic carbocycles. The molecular formula is C9H7BrN2OS. The van der Waals surface area contributed by atoms with Gasteiger partial charge in [0, 0.05) is 0 Å². The molecule has 5 heteroatoms. The minimum Gasteiger partial charge on any atom is -0.496 e. The summed E-state index contributed by atoms with van der Waals surface area (Å²) in [5.41, 5.74) is 0.914. The van der Waals surface area contributed by atoms with Crippen LogP contribution in [0, 0.1) is 0 Å². The van der Waals surface area contributed by atoms with Crippen LogP contribution in [0.25, 0.3) is 11.4 Å². The lowest BCUT2D eigenvalue weighted by Crippen LogP contribution is -1.88. The summed E-state index contributed by atoms with van der Waals surface area (Å²) in [5.74, 6) is 1.48. The normalized spacial score (nSPS) is 10.1. The molecule has 0 radical (unpaired) electrons. The molecule has 0 atom stereocenters. The first-order valence-electron chi connectivity index (χ1n) is 3.94. The van der Waals surface area contributed by atoms with E-state index in [2.05, 4.69) is 25.3 Å². The first-order chi connectivity index (χ1) is 6.81. The number of ether oxygens (including phenoxy) is 1. The zero-order valence-corrected chi connectivity index (χ0v) is 9.80. The summed E-state index contributed by atoms with van der Waals surface area (Å²) >= 11 is 4.60. The lowest BCUT2D eigenvalue weighted by molar-refractivity contribution is 0.416. The Hall–Kier alpha value is -0.940. The van der Waals surface area contributed by atoms with Crippen molar-refractivity contribution >= 4 is 27.5 Å². The van der Waals surface area contributed by atoms with E-state index in [1.165, 1.54) is 11.5 Å². The predicted octanol–water partition coefficient (Wildman–Crippen LogP) is 2.98. The van der Waals surface area contributed by atoms with Crippen LogP contribution in [0.1, 0.15) is 0 Å². The number of hydrogen-bond donors (Lipinski definition) is 0. The monoisotopic (exact) mass is 270 g/mol. The molecule has 0 aliphatic carbocycles. The SMILES string of the molecule is COc1ccccc1-c1nsc(Br)n1. The van der Waals surface area contributed by atoms with Crippen LogP contribution in [0.2, 0.25) is 0 Å². The van der Waals surface area contributed by atoms with Gasteiger partial charge < -0.3 is 4.74 Å². The Morgan fingerprint density at radius 3 is 2.79 bits per heavy atom. The summed E-state index contributed by atoms with van der Waals surface area (Å²) in [5, 5.41) is 0. The van der Waals surface area contributed by atoms with Gasteiger partial charge in [-0.05, 0) is 39.6 Å². The fraction of sp³-hybridized carbons (Fsp3) is 0.111. The van der Waals surface area contributed by atoms with Crippen molar-refractivity contribution < 1.29 is 4.74 Å². The third kappa shape index (κ3) is 1.78. The fourth-order valence-electron chi connectivity index (χ4n) is 1.14. The van der Waals surface area contributed by atoms with Gasteiger partial charge in [-0.25, -0.2) is 4.98 Å². The zero-order chi connectivity index (χ0) is 9.97. The van der Waals surface area contributed by atoms with Crippen molar-refractivity contribution in [1.82, 2.24) is 9.36 Å². The van der Waals surface area contributed by atoms with E-state index in [4.69, 9.17) is 4.74 Å². The van der Waals surface area contributed by atoms with Crippen molar-refractivity contribution in [2.75, 3.05) is 7.11 Å². The minimum absolute atomic E-state index is 0.694. The van der Waals surface area contributed by atoms with Gasteiger partial charge in [0.05, 0.1) is 12.7 Å². The van der Waals surface area contributed by atoms with Crippen LogP contribution in [0.15, 0.2) is 28.2 Å². The predicted molar refractivity (Wildman–Crippen MR) is 59.6 cm³/mol. The summed E-state index contributed by atoms with van der Waals surface area (Å²) in [6, 6.07) is 7.69. The highest BCUT2D eigenvalue weighted by Crippen LogP contribution is 2.29. The van der Waals surface area contributed by atoms with E-state index in [0.29, 0.717) is 5.82 Å². The van der Waals surface area contributed by atoms with Crippen molar-refractivity contribution in [3.8, 4) is 17.1 Å². The average molecular weight is 271 g/mol. The first-order valence-corrected chi connectivity index (χ1v) is 5.50. The fourth-order valence-corrected chi connectivity index (χ4v) is 1.96. The summed E-state index contributed by atoms with van der Waals surface area (Å²) in [7, 11) is 1.64. The maximum absolute atomic E-state index is 5.22. The smallest absolute Gasteiger partial charge is 0.179 e. The second-order valence-corrected chi connectivity index (χ2v) is 4.60. The molecule has 0 unspecified atom stereocenters. The maximum Gasteiger partial charge on any atom is 0.179 e. The molecule has 0 saturated carbocycles. The number of aromatic nitrogens is 2. The highest BCUT2D eigenvalue weighted by molar-refractivity contribution is 9.11. The molecule has 0 N–H and O–H groups in total. The molecule has 0 aliphatic heterocycles. The molecule has 14 heavy (non-hydrogen) atoms. The largest absolute Gasteiger partial charge is 0.496 e. The number of methoxy groups -OCH3 is 1. The number of benzene rings is 1. The Morgan fingerprint density at radius 2 is 2.14 bits per heavy atom. The Bertz CT molecular complexity index is 444. The van der Waals surface area contributed by atoms with Crippen LogP contribution in [-0.2, 0) is 0 Å². The average Bonchev–Trinajstić information content (AvgIpc) is 2.65. The molecule has 0 bridgehead atoms. The van der Waals surface area contributed by atoms with E-state index in [1.807, 2.05) is 24.3 Å². The second kappa shape index (κ2) is 4.06. The number of rotatable bonds is 2. The Balaban J connectivity index is 2.50. The van der Waals surface area contributed by atoms with Gasteiger partial charge in [0.25, 0.3) is 0 Å². The Kier molecular flexibility index (Phi) is 2.79. The Labute approximate surface area is 94.1 Å². The maximum atomic E-state index is 5.22. The van der Waals surface area contributed by atoms with Crippen molar-refractivity contribution in [2.45, 2.75) is 0 Å². The summed E-state index contributed by atoms with van der Waals surface area (Å²) in [6.07, 6.45) is 0. The molecule has 0 fully saturated rings. The molecule has 0 amide bonds. The molecule has 2 aromatic rings. The van der Waals surface area contributed by atoms with Gasteiger partial charge in [0.15, 0.2) is 9.74 Å². The number of halogens is 1. The molecular weight excluding hydrogens is 264 g/mol. The molecule has 2 rings (SSSR count). The molecule has 0 spiro atoms. The van der Waals surface area contributed by atoms with E-state index in [-0.39, 0.29) is 0 Å². The molecule has 0 aliphatic rings. The number of nitrogens with zero attached hydrogens (tertiary/aromatic N) is 2. The van der Waals surface area contributed by atoms with Crippen molar-refractivity contribution in [1.29, 1.82) is 0 Å². The summed E-state index contributed by atoms with van der Waals surface area (Å²) in [4.78, 5) is 4.23. The molecule has 3 nitrogen and oxygen atoms in total. The van der Waals surface area contributed by atoms with Crippen LogP contribution < -0.4 is 4.74 Å². The minimum atomic E-state index is 0.694. The van der Waals surface area contributed by atoms with E-state index >= 15 is 0 Å². The van der Waals surface area contributed by atoms with Crippen LogP contribution in [-0.4, -0.2) is 16.5 Å². The number of hydrogen-bond acceptors (Lipinski definition) is 4. The van der Waals surface area contributed by atoms with Gasteiger partial charge in [0.2, 0.25) is 0 Å². The molecule has 72 valence electrons. The lowest BCUT2D eigenvalue weighted by Gasteiger charge is -2.03. The van der Waals surface area contributed by atoms with E-state index < -0.39 is 0 Å². The summed E-state index contributed by atoms with van der Waals surface area (Å²) < 4.78 is 10.2. The number of para-hydroxylation sites is 1. The van der Waals surface area contributed by atoms with Crippen LogP contribution in [0.5, 0.6) is 5.75 Å². The highest BCUT2D eigenvalue weighted by atomic mass is 79.9. The Morgan fingerprint density at radius 1 is 1.36 bits per heavy atom. The van der Waals surface area contributed by atoms with Gasteiger partial charge in [0.1, 0.15) is 5.75 Å². The first kappa shape index (κ1) is 9.61. The zero-order valence-electron chi connectivity index (χ0n) is 7.40. The van der Waals surface area contributed by atoms with E-state index in [9.17, 15) is 0 Å². The van der Waals surface area contributed by atoms with Gasteiger partial charge in [-0.3, -0.25) is 0 Å². The third-order valence-electron chi connectivity index (χ3n) is 1.75. The van der Waals surface area contributed by atoms with Gasteiger partial charge >= 0.3 is 0 Å². The quantitative estimate of drug-likeness (QED) is 0.842. The van der Waals surface area contributed by atoms with Crippen molar-refractivity contribution in [2.24, 2.45) is 0 Å². The van der Waals surface area contributed by atoms with Crippen LogP contribution >= 0.6 is 27.5 Å². The van der Waals surface area contributed by atoms with Gasteiger partial charge in [-0.1, -0.05) is 12.1 Å². The third-order valence-corrected chi connectivity index (χ3v) is 2.87. The summed E-state index contributed by atoms with van der Waals surface area (Å²) in [6.45, 7) is 0. The standard InChI is InChI=1S/C9H7BrN2OS/c1-13-7-5-3-2-4-6(7)8-11-9(10)14-12-8/h2-5H,1H3. The molecule has 1 heterocycles. The van der Waals surface area contributed by atoms with Gasteiger partial charge in [-0.2, -0.15) is 4.37 Å². The highest BCUT2D eigenvalue weighted by Gasteiger charge is 2.09. The van der Waals surface area contributed by atoms with E-state index in [1.54, 1.807) is 7.11 Å². The van der Waals surface area contributed by atoms with Crippen LogP contribution in [0.4, 0.5) is 0 Å². The molecule has 1 aromatic heterocycles. The van der Waals surface area contributed by atoms with Crippen LogP contribution in [0.3, 0.4) is 0 Å². The van der Waals surface area contributed by atoms with Crippen molar-refractivity contribution in [3.05, 3.63) is 28.2 Å². The second-order valence-electron chi connectivity index (χ2n) is 2.57.